The van der Waals surface area contributed by atoms with Crippen molar-refractivity contribution in [3.63, 3.8) is 0 Å². The van der Waals surface area contributed by atoms with Crippen LogP contribution in [0.4, 0.5) is 0 Å². The molecular weight excluding hydrogens is 645 g/mol. The summed E-state index contributed by atoms with van der Waals surface area (Å²) in [6.07, 6.45) is 0. The van der Waals surface area contributed by atoms with Crippen molar-refractivity contribution in [1.29, 1.82) is 0 Å². The lowest BCUT2D eigenvalue weighted by Gasteiger charge is -2.30. The fourth-order valence-electron chi connectivity index (χ4n) is 10.6. The maximum atomic E-state index is 15.0. The lowest BCUT2D eigenvalue weighted by atomic mass is 9.70. The van der Waals surface area contributed by atoms with E-state index >= 15 is 4.79 Å². The van der Waals surface area contributed by atoms with Gasteiger partial charge in [-0.3, -0.25) is 9.20 Å². The lowest BCUT2D eigenvalue weighted by molar-refractivity contribution is 0.794. The van der Waals surface area contributed by atoms with Crippen LogP contribution in [0.3, 0.4) is 0 Å². The summed E-state index contributed by atoms with van der Waals surface area (Å²) in [6, 6.07) is 61.4. The first-order valence-electron chi connectivity index (χ1n) is 18.3. The van der Waals surface area contributed by atoms with Crippen LogP contribution in [0, 0.1) is 0 Å². The van der Waals surface area contributed by atoms with Crippen molar-refractivity contribution in [1.82, 2.24) is 8.97 Å². The molecular formula is C50H28N2O. The third-order valence-corrected chi connectivity index (χ3v) is 12.5. The van der Waals surface area contributed by atoms with Crippen LogP contribution in [0.2, 0.25) is 0 Å². The van der Waals surface area contributed by atoms with Crippen molar-refractivity contribution in [2.75, 3.05) is 0 Å². The van der Waals surface area contributed by atoms with Crippen LogP contribution in [-0.4, -0.2) is 8.97 Å². The van der Waals surface area contributed by atoms with E-state index in [1.165, 1.54) is 60.8 Å². The molecule has 0 saturated heterocycles. The number of rotatable bonds is 1. The number of pyridine rings is 1. The summed E-state index contributed by atoms with van der Waals surface area (Å²) in [5.74, 6) is 0. The highest BCUT2D eigenvalue weighted by molar-refractivity contribution is 6.24. The fraction of sp³-hybridized carbons (Fsp3) is 0.0200. The highest BCUT2D eigenvalue weighted by Crippen LogP contribution is 2.64. The third-order valence-electron chi connectivity index (χ3n) is 12.5. The SMILES string of the molecule is O=c1c2ccccc2c2cc(-n3c4ccccc4c4ccccc43)cc3c4ccc5c(c4n1c23)-c1ccccc1C51c2ccccc2-c2ccccc21. The van der Waals surface area contributed by atoms with Crippen LogP contribution in [0.15, 0.2) is 175 Å². The normalized spacial score (nSPS) is 13.9. The van der Waals surface area contributed by atoms with E-state index in [0.29, 0.717) is 0 Å². The second-order valence-electron chi connectivity index (χ2n) is 14.7. The Morgan fingerprint density at radius 2 is 0.868 bits per heavy atom. The number of hydrogen-bond donors (Lipinski definition) is 0. The zero-order valence-corrected chi connectivity index (χ0v) is 28.5. The van der Waals surface area contributed by atoms with Crippen molar-refractivity contribution < 1.29 is 0 Å². The Morgan fingerprint density at radius 1 is 0.377 bits per heavy atom. The van der Waals surface area contributed by atoms with Gasteiger partial charge in [0.15, 0.2) is 0 Å². The average Bonchev–Trinajstić information content (AvgIpc) is 3.92. The van der Waals surface area contributed by atoms with E-state index in [9.17, 15) is 0 Å². The van der Waals surface area contributed by atoms with Gasteiger partial charge in [0.1, 0.15) is 0 Å². The van der Waals surface area contributed by atoms with Crippen LogP contribution in [0.1, 0.15) is 22.3 Å². The van der Waals surface area contributed by atoms with Crippen LogP contribution in [0.25, 0.3) is 87.7 Å². The molecule has 0 fully saturated rings. The minimum atomic E-state index is -0.489. The second-order valence-corrected chi connectivity index (χ2v) is 14.7. The average molecular weight is 673 g/mol. The Morgan fingerprint density at radius 3 is 1.51 bits per heavy atom. The van der Waals surface area contributed by atoms with Gasteiger partial charge in [-0.05, 0) is 74.7 Å². The van der Waals surface area contributed by atoms with Gasteiger partial charge < -0.3 is 4.57 Å². The Kier molecular flexibility index (Phi) is 4.95. The summed E-state index contributed by atoms with van der Waals surface area (Å²) < 4.78 is 4.45. The molecule has 8 aromatic carbocycles. The molecule has 13 rings (SSSR count). The molecule has 3 nitrogen and oxygen atoms in total. The maximum absolute atomic E-state index is 15.0. The Balaban J connectivity index is 1.25. The van der Waals surface area contributed by atoms with Crippen LogP contribution < -0.4 is 5.56 Å². The molecule has 53 heavy (non-hydrogen) atoms. The lowest BCUT2D eigenvalue weighted by Crippen LogP contribution is -2.25. The van der Waals surface area contributed by atoms with Gasteiger partial charge in [-0.15, -0.1) is 0 Å². The molecule has 1 spiro atoms. The number of fused-ring (bicyclic) bond motifs is 19. The van der Waals surface area contributed by atoms with Crippen molar-refractivity contribution in [2.45, 2.75) is 5.41 Å². The van der Waals surface area contributed by atoms with Gasteiger partial charge in [-0.2, -0.15) is 0 Å². The highest BCUT2D eigenvalue weighted by atomic mass is 16.1. The smallest absolute Gasteiger partial charge is 0.263 e. The second kappa shape index (κ2) is 9.47. The van der Waals surface area contributed by atoms with E-state index in [4.69, 9.17) is 0 Å². The number of aromatic nitrogens is 2. The van der Waals surface area contributed by atoms with E-state index in [2.05, 4.69) is 167 Å². The fourth-order valence-corrected chi connectivity index (χ4v) is 10.6. The summed E-state index contributed by atoms with van der Waals surface area (Å²) >= 11 is 0. The highest BCUT2D eigenvalue weighted by Gasteiger charge is 2.52. The van der Waals surface area contributed by atoms with Crippen LogP contribution in [-0.2, 0) is 5.41 Å². The van der Waals surface area contributed by atoms with Gasteiger partial charge in [0.2, 0.25) is 0 Å². The quantitative estimate of drug-likeness (QED) is 0.159. The summed E-state index contributed by atoms with van der Waals surface area (Å²) in [4.78, 5) is 15.0. The van der Waals surface area contributed by atoms with Crippen LogP contribution >= 0.6 is 0 Å². The number of nitrogens with zero attached hydrogens (tertiary/aromatic N) is 2. The van der Waals surface area contributed by atoms with Gasteiger partial charge in [-0.1, -0.05) is 140 Å². The summed E-state index contributed by atoms with van der Waals surface area (Å²) in [5.41, 5.74) is 14.9. The van der Waals surface area contributed by atoms with Gasteiger partial charge in [0.25, 0.3) is 5.56 Å². The number of para-hydroxylation sites is 2. The predicted octanol–water partition coefficient (Wildman–Crippen LogP) is 11.6. The molecule has 0 N–H and O–H groups in total. The molecule has 244 valence electrons. The summed E-state index contributed by atoms with van der Waals surface area (Å²) in [5, 5.41) is 7.43. The zero-order chi connectivity index (χ0) is 34.6. The molecule has 0 unspecified atom stereocenters. The van der Waals surface area contributed by atoms with E-state index in [1.807, 2.05) is 12.1 Å². The summed E-state index contributed by atoms with van der Waals surface area (Å²) in [7, 11) is 0. The third kappa shape index (κ3) is 3.10. The molecule has 0 bridgehead atoms. The Bertz CT molecular complexity index is 3390. The monoisotopic (exact) mass is 672 g/mol. The molecule has 0 radical (unpaired) electrons. The van der Waals surface area contributed by atoms with E-state index in [0.717, 1.165) is 49.2 Å². The first kappa shape index (κ1) is 27.7. The Labute approximate surface area is 303 Å². The molecule has 0 saturated carbocycles. The summed E-state index contributed by atoms with van der Waals surface area (Å²) in [6.45, 7) is 0. The Hall–Kier alpha value is -6.97. The van der Waals surface area contributed by atoms with E-state index < -0.39 is 5.41 Å². The van der Waals surface area contributed by atoms with Crippen molar-refractivity contribution in [2.24, 2.45) is 0 Å². The van der Waals surface area contributed by atoms with Crippen LogP contribution in [0.5, 0.6) is 0 Å². The van der Waals surface area contributed by atoms with Crippen molar-refractivity contribution in [3.05, 3.63) is 202 Å². The minimum Gasteiger partial charge on any atom is -0.309 e. The molecule has 0 aliphatic heterocycles. The molecule has 2 aliphatic carbocycles. The van der Waals surface area contributed by atoms with Gasteiger partial charge in [0, 0.05) is 43.6 Å². The van der Waals surface area contributed by atoms with Gasteiger partial charge in [-0.25, -0.2) is 0 Å². The van der Waals surface area contributed by atoms with Gasteiger partial charge in [0.05, 0.1) is 27.5 Å². The maximum Gasteiger partial charge on any atom is 0.263 e. The number of hydrogen-bond acceptors (Lipinski definition) is 1. The number of benzene rings is 8. The first-order chi connectivity index (χ1) is 26.2. The predicted molar refractivity (Wildman–Crippen MR) is 218 cm³/mol. The topological polar surface area (TPSA) is 26.4 Å². The standard InChI is InChI=1S/C50H28N2O/c53-49-36-18-2-1-13-30(36)38-27-29(51-44-23-11-6-16-33(44)34-17-7-12-24-45(34)51)28-39-35-25-26-43-46(48(35)52(49)47(38)39)37-19-5-10-22-42(37)50(43)40-20-8-3-14-31(40)32-15-4-9-21-41(32)50/h1-28H. The van der Waals surface area contributed by atoms with Crippen molar-refractivity contribution in [3.8, 4) is 27.9 Å². The first-order valence-corrected chi connectivity index (χ1v) is 18.3. The van der Waals surface area contributed by atoms with Crippen molar-refractivity contribution >= 4 is 59.8 Å². The molecule has 0 amide bonds. The molecule has 3 heterocycles. The minimum absolute atomic E-state index is 0.0248. The molecule has 3 heteroatoms. The van der Waals surface area contributed by atoms with Gasteiger partial charge >= 0.3 is 0 Å². The largest absolute Gasteiger partial charge is 0.309 e. The molecule has 0 atom stereocenters. The molecule has 2 aliphatic rings. The zero-order valence-electron chi connectivity index (χ0n) is 28.5. The molecule has 3 aromatic heterocycles. The van der Waals surface area contributed by atoms with E-state index in [-0.39, 0.29) is 5.56 Å². The molecule has 11 aromatic rings. The van der Waals surface area contributed by atoms with E-state index in [1.54, 1.807) is 0 Å².